The maximum Gasteiger partial charge on any atom is 0.0954 e. The molecule has 3 N–H and O–H groups in total. The van der Waals surface area contributed by atoms with Gasteiger partial charge in [0.05, 0.1) is 11.6 Å². The van der Waals surface area contributed by atoms with Gasteiger partial charge in [-0.2, -0.15) is 0 Å². The summed E-state index contributed by atoms with van der Waals surface area (Å²) in [6, 6.07) is 0. The summed E-state index contributed by atoms with van der Waals surface area (Å²) in [7, 11) is 0. The van der Waals surface area contributed by atoms with Gasteiger partial charge in [0.25, 0.3) is 0 Å². The summed E-state index contributed by atoms with van der Waals surface area (Å²) in [6.45, 7) is 15.7. The highest BCUT2D eigenvalue weighted by atomic mass is 16.3. The number of aliphatic hydroxyl groups is 1. The van der Waals surface area contributed by atoms with Gasteiger partial charge < -0.3 is 15.7 Å². The molecule has 0 heterocycles. The van der Waals surface area contributed by atoms with E-state index >= 15 is 0 Å². The molecule has 0 saturated heterocycles. The normalized spacial score (nSPS) is 12.7. The highest BCUT2D eigenvalue weighted by molar-refractivity contribution is 5.11. The van der Waals surface area contributed by atoms with E-state index in [0.717, 1.165) is 18.5 Å². The van der Waals surface area contributed by atoms with Crippen molar-refractivity contribution in [1.82, 2.24) is 10.6 Å². The molecule has 3 nitrogen and oxygen atoms in total. The number of aliphatic hydroxyl groups excluding tert-OH is 1. The Morgan fingerprint density at radius 3 is 2.53 bits per heavy atom. The van der Waals surface area contributed by atoms with E-state index < -0.39 is 0 Å². The molecule has 0 saturated carbocycles. The lowest BCUT2D eigenvalue weighted by Gasteiger charge is -2.18. The summed E-state index contributed by atoms with van der Waals surface area (Å²) in [5.41, 5.74) is 0.965. The molecule has 0 aromatic carbocycles. The number of allylic oxidation sites excluding steroid dienone is 3. The van der Waals surface area contributed by atoms with Crippen LogP contribution < -0.4 is 10.6 Å². The molecular formula is C14H24N2O. The lowest BCUT2D eigenvalue weighted by Crippen LogP contribution is -2.29. The molecular weight excluding hydrogens is 212 g/mol. The van der Waals surface area contributed by atoms with Crippen LogP contribution in [0.15, 0.2) is 49.2 Å². The quantitative estimate of drug-likeness (QED) is 0.425. The average Bonchev–Trinajstić information content (AvgIpc) is 2.23. The molecule has 0 spiro atoms. The predicted octanol–water partition coefficient (Wildman–Crippen LogP) is 3.21. The minimum absolute atomic E-state index is 0.0715. The first-order chi connectivity index (χ1) is 8.01. The van der Waals surface area contributed by atoms with E-state index in [2.05, 4.69) is 37.3 Å². The molecule has 0 aromatic heterocycles. The molecule has 1 atom stereocenters. The molecule has 96 valence electrons. The molecule has 0 bridgehead atoms. The van der Waals surface area contributed by atoms with Gasteiger partial charge in [-0.3, -0.25) is 0 Å². The molecule has 17 heavy (non-hydrogen) atoms. The Balaban J connectivity index is 4.08. The van der Waals surface area contributed by atoms with Crippen LogP contribution in [-0.4, -0.2) is 11.7 Å². The van der Waals surface area contributed by atoms with Crippen LogP contribution in [-0.2, 0) is 0 Å². The summed E-state index contributed by atoms with van der Waals surface area (Å²) in [5.74, 6) is 1.01. The largest absolute Gasteiger partial charge is 0.513 e. The van der Waals surface area contributed by atoms with Gasteiger partial charge >= 0.3 is 0 Å². The molecule has 0 aliphatic carbocycles. The topological polar surface area (TPSA) is 44.3 Å². The summed E-state index contributed by atoms with van der Waals surface area (Å²) >= 11 is 0. The first-order valence-corrected chi connectivity index (χ1v) is 5.88. The third-order valence-corrected chi connectivity index (χ3v) is 2.39. The minimum Gasteiger partial charge on any atom is -0.513 e. The summed E-state index contributed by atoms with van der Waals surface area (Å²) in [6.07, 6.45) is 5.50. The van der Waals surface area contributed by atoms with Crippen LogP contribution in [0.2, 0.25) is 0 Å². The van der Waals surface area contributed by atoms with Crippen molar-refractivity contribution in [3.63, 3.8) is 0 Å². The monoisotopic (exact) mass is 236 g/mol. The molecule has 0 amide bonds. The highest BCUT2D eigenvalue weighted by Crippen LogP contribution is 2.12. The van der Waals surface area contributed by atoms with Gasteiger partial charge in [0.2, 0.25) is 0 Å². The van der Waals surface area contributed by atoms with Gasteiger partial charge in [0, 0.05) is 18.2 Å². The molecule has 0 rings (SSSR count). The molecule has 0 radical (unpaired) electrons. The maximum atomic E-state index is 9.41. The highest BCUT2D eigenvalue weighted by Gasteiger charge is 2.10. The van der Waals surface area contributed by atoms with E-state index in [1.165, 1.54) is 0 Å². The number of hydrogen-bond acceptors (Lipinski definition) is 3. The third kappa shape index (κ3) is 7.28. The molecule has 0 aliphatic heterocycles. The van der Waals surface area contributed by atoms with Crippen LogP contribution in [0, 0.1) is 5.92 Å². The Hall–Kier alpha value is -1.64. The van der Waals surface area contributed by atoms with E-state index in [-0.39, 0.29) is 11.7 Å². The van der Waals surface area contributed by atoms with E-state index in [0.29, 0.717) is 12.4 Å². The SMILES string of the molecule is C=C/C=C(\C)NC(=C)NCC(CCC)C(=C)O. The van der Waals surface area contributed by atoms with Crippen molar-refractivity contribution in [2.24, 2.45) is 5.92 Å². The van der Waals surface area contributed by atoms with Crippen molar-refractivity contribution in [2.45, 2.75) is 26.7 Å². The van der Waals surface area contributed by atoms with Gasteiger partial charge in [0.15, 0.2) is 0 Å². The molecule has 0 aromatic rings. The Morgan fingerprint density at radius 1 is 1.41 bits per heavy atom. The zero-order valence-electron chi connectivity index (χ0n) is 10.9. The lowest BCUT2D eigenvalue weighted by atomic mass is 10.0. The second-order valence-corrected chi connectivity index (χ2v) is 4.05. The Labute approximate surface area is 105 Å². The van der Waals surface area contributed by atoms with Crippen LogP contribution in [0.3, 0.4) is 0 Å². The third-order valence-electron chi connectivity index (χ3n) is 2.39. The molecule has 0 aliphatic rings. The first kappa shape index (κ1) is 15.4. The van der Waals surface area contributed by atoms with Crippen molar-refractivity contribution in [2.75, 3.05) is 6.54 Å². The van der Waals surface area contributed by atoms with Gasteiger partial charge in [-0.15, -0.1) is 0 Å². The molecule has 1 unspecified atom stereocenters. The predicted molar refractivity (Wildman–Crippen MR) is 74.4 cm³/mol. The fourth-order valence-electron chi connectivity index (χ4n) is 1.48. The van der Waals surface area contributed by atoms with E-state index in [4.69, 9.17) is 0 Å². The smallest absolute Gasteiger partial charge is 0.0954 e. The van der Waals surface area contributed by atoms with Crippen molar-refractivity contribution in [1.29, 1.82) is 0 Å². The zero-order chi connectivity index (χ0) is 13.3. The summed E-state index contributed by atoms with van der Waals surface area (Å²) < 4.78 is 0. The van der Waals surface area contributed by atoms with Crippen molar-refractivity contribution < 1.29 is 5.11 Å². The Kier molecular flexibility index (Phi) is 7.68. The molecule has 0 fully saturated rings. The number of hydrogen-bond donors (Lipinski definition) is 3. The van der Waals surface area contributed by atoms with Crippen molar-refractivity contribution in [3.8, 4) is 0 Å². The standard InChI is InChI=1S/C14H24N2O/c1-6-8-11(3)16-13(5)15-10-14(9-7-2)12(4)17/h6,8,14-17H,1,4-5,7,9-10H2,2-3H3/b11-8+. The summed E-state index contributed by atoms with van der Waals surface area (Å²) in [5, 5.41) is 15.6. The Bertz CT molecular complexity index is 305. The van der Waals surface area contributed by atoms with E-state index in [1.54, 1.807) is 6.08 Å². The van der Waals surface area contributed by atoms with E-state index in [9.17, 15) is 5.11 Å². The zero-order valence-corrected chi connectivity index (χ0v) is 10.9. The number of rotatable bonds is 9. The maximum absolute atomic E-state index is 9.41. The van der Waals surface area contributed by atoms with Crippen LogP contribution in [0.25, 0.3) is 0 Å². The van der Waals surface area contributed by atoms with Gasteiger partial charge in [-0.1, -0.05) is 39.2 Å². The van der Waals surface area contributed by atoms with Crippen LogP contribution in [0.4, 0.5) is 0 Å². The van der Waals surface area contributed by atoms with Crippen molar-refractivity contribution >= 4 is 0 Å². The van der Waals surface area contributed by atoms with Crippen LogP contribution in [0.5, 0.6) is 0 Å². The Morgan fingerprint density at radius 2 is 2.06 bits per heavy atom. The second kappa shape index (κ2) is 8.50. The lowest BCUT2D eigenvalue weighted by molar-refractivity contribution is 0.315. The minimum atomic E-state index is 0.0715. The second-order valence-electron chi connectivity index (χ2n) is 4.05. The van der Waals surface area contributed by atoms with Crippen LogP contribution in [0.1, 0.15) is 26.7 Å². The van der Waals surface area contributed by atoms with Gasteiger partial charge in [-0.05, 0) is 19.4 Å². The van der Waals surface area contributed by atoms with Gasteiger partial charge in [-0.25, -0.2) is 0 Å². The first-order valence-electron chi connectivity index (χ1n) is 5.88. The average molecular weight is 236 g/mol. The van der Waals surface area contributed by atoms with E-state index in [1.807, 2.05) is 13.0 Å². The fourth-order valence-corrected chi connectivity index (χ4v) is 1.48. The van der Waals surface area contributed by atoms with Gasteiger partial charge in [0.1, 0.15) is 0 Å². The van der Waals surface area contributed by atoms with Crippen molar-refractivity contribution in [3.05, 3.63) is 49.2 Å². The fraction of sp³-hybridized carbons (Fsp3) is 0.429. The number of nitrogens with one attached hydrogen (secondary N) is 2. The van der Waals surface area contributed by atoms with Crippen LogP contribution >= 0.6 is 0 Å². The molecule has 3 heteroatoms. The summed E-state index contributed by atoms with van der Waals surface area (Å²) in [4.78, 5) is 0.